The average Bonchev–Trinajstić information content (AvgIpc) is 3.33. The van der Waals surface area contributed by atoms with Gasteiger partial charge in [0.2, 0.25) is 11.7 Å². The maximum atomic E-state index is 12.8. The predicted molar refractivity (Wildman–Crippen MR) is 97.0 cm³/mol. The van der Waals surface area contributed by atoms with Crippen molar-refractivity contribution >= 4 is 5.91 Å². The highest BCUT2D eigenvalue weighted by Crippen LogP contribution is 2.28. The molecule has 0 aliphatic carbocycles. The minimum atomic E-state index is -4.64. The smallest absolute Gasteiger partial charge is 0.375 e. The van der Waals surface area contributed by atoms with Crippen LogP contribution in [0.4, 0.5) is 13.2 Å². The molecule has 160 valence electrons. The van der Waals surface area contributed by atoms with Crippen LogP contribution in [0, 0.1) is 0 Å². The molecule has 30 heavy (non-hydrogen) atoms. The number of aromatic nitrogens is 5. The summed E-state index contributed by atoms with van der Waals surface area (Å²) in [5.41, 5.74) is -0.0551. The molecule has 0 aliphatic heterocycles. The third-order valence-corrected chi connectivity index (χ3v) is 4.09. The highest BCUT2D eigenvalue weighted by atomic mass is 19.4. The molecule has 1 amide bonds. The molecule has 1 atom stereocenters. The first kappa shape index (κ1) is 21.4. The van der Waals surface area contributed by atoms with E-state index in [4.69, 9.17) is 9.26 Å². The van der Waals surface area contributed by atoms with Crippen molar-refractivity contribution < 1.29 is 27.2 Å². The summed E-state index contributed by atoms with van der Waals surface area (Å²) in [6.07, 6.45) is -3.06. The van der Waals surface area contributed by atoms with E-state index < -0.39 is 23.8 Å². The summed E-state index contributed by atoms with van der Waals surface area (Å²) in [5, 5.41) is 9.74. The van der Waals surface area contributed by atoms with Crippen molar-refractivity contribution in [2.24, 2.45) is 7.05 Å². The molecule has 0 saturated carbocycles. The first-order valence-corrected chi connectivity index (χ1v) is 8.97. The van der Waals surface area contributed by atoms with Crippen LogP contribution in [0.2, 0.25) is 0 Å². The molecule has 9 nitrogen and oxygen atoms in total. The number of amides is 1. The first-order valence-electron chi connectivity index (χ1n) is 8.97. The number of alkyl halides is 3. The zero-order chi connectivity index (χ0) is 21.9. The highest BCUT2D eigenvalue weighted by Gasteiger charge is 2.35. The summed E-state index contributed by atoms with van der Waals surface area (Å²) in [4.78, 5) is 20.8. The number of carbonyl (C=O) groups is 1. The molecule has 3 heterocycles. The topological polar surface area (TPSA) is 108 Å². The van der Waals surface area contributed by atoms with Crippen LogP contribution < -0.4 is 5.32 Å². The molecule has 0 bridgehead atoms. The van der Waals surface area contributed by atoms with E-state index in [-0.39, 0.29) is 17.4 Å². The lowest BCUT2D eigenvalue weighted by Gasteiger charge is -2.09. The van der Waals surface area contributed by atoms with Crippen LogP contribution in [-0.2, 0) is 24.6 Å². The van der Waals surface area contributed by atoms with Crippen molar-refractivity contribution in [3.05, 3.63) is 47.4 Å². The van der Waals surface area contributed by atoms with E-state index >= 15 is 0 Å². The van der Waals surface area contributed by atoms with Gasteiger partial charge in [0.25, 0.3) is 5.91 Å². The number of hydrogen-bond acceptors (Lipinski definition) is 7. The summed E-state index contributed by atoms with van der Waals surface area (Å²) in [5.74, 6) is -0.374. The number of hydrogen-bond donors (Lipinski definition) is 1. The van der Waals surface area contributed by atoms with Gasteiger partial charge in [0.15, 0.2) is 5.69 Å². The lowest BCUT2D eigenvalue weighted by Crippen LogP contribution is -2.28. The monoisotopic (exact) mass is 424 g/mol. The lowest BCUT2D eigenvalue weighted by atomic mass is 10.2. The van der Waals surface area contributed by atoms with Crippen LogP contribution in [0.3, 0.4) is 0 Å². The number of halogens is 3. The SMILES string of the molecule is CCOCc1cc(-c2noc(C(C)NC(=O)c3cc(C(F)(F)F)nn3C)n2)ccn1. The van der Waals surface area contributed by atoms with Gasteiger partial charge in [-0.1, -0.05) is 5.16 Å². The van der Waals surface area contributed by atoms with E-state index in [1.807, 2.05) is 6.92 Å². The van der Waals surface area contributed by atoms with Gasteiger partial charge in [0.05, 0.1) is 12.3 Å². The maximum absolute atomic E-state index is 12.8. The van der Waals surface area contributed by atoms with Gasteiger partial charge in [-0.2, -0.15) is 23.3 Å². The predicted octanol–water partition coefficient (Wildman–Crippen LogP) is 2.91. The minimum absolute atomic E-state index is 0.0970. The molecule has 0 fully saturated rings. The van der Waals surface area contributed by atoms with Gasteiger partial charge in [-0.25, -0.2) is 0 Å². The number of nitrogens with one attached hydrogen (secondary N) is 1. The molecule has 3 aromatic heterocycles. The van der Waals surface area contributed by atoms with E-state index in [2.05, 4.69) is 25.5 Å². The summed E-state index contributed by atoms with van der Waals surface area (Å²) in [6, 6.07) is 3.38. The standard InChI is InChI=1S/C18H19F3N6O3/c1-4-29-9-12-7-11(5-6-22-12)15-24-17(30-26-15)10(2)23-16(28)13-8-14(18(19,20)21)25-27(13)3/h5-8,10H,4,9H2,1-3H3,(H,23,28). The molecule has 0 aliphatic rings. The average molecular weight is 424 g/mol. The van der Waals surface area contributed by atoms with Gasteiger partial charge in [0.1, 0.15) is 11.7 Å². The fourth-order valence-corrected chi connectivity index (χ4v) is 2.58. The molecular weight excluding hydrogens is 405 g/mol. The van der Waals surface area contributed by atoms with Gasteiger partial charge in [0, 0.05) is 31.5 Å². The van der Waals surface area contributed by atoms with Gasteiger partial charge < -0.3 is 14.6 Å². The van der Waals surface area contributed by atoms with Crippen molar-refractivity contribution in [3.63, 3.8) is 0 Å². The Bertz CT molecular complexity index is 1030. The van der Waals surface area contributed by atoms with Crippen LogP contribution in [0.25, 0.3) is 11.4 Å². The van der Waals surface area contributed by atoms with E-state index in [0.717, 1.165) is 4.68 Å². The molecule has 0 saturated heterocycles. The largest absolute Gasteiger partial charge is 0.435 e. The molecule has 3 aromatic rings. The highest BCUT2D eigenvalue weighted by molar-refractivity contribution is 5.92. The minimum Gasteiger partial charge on any atom is -0.375 e. The first-order chi connectivity index (χ1) is 14.2. The zero-order valence-corrected chi connectivity index (χ0v) is 16.4. The van der Waals surface area contributed by atoms with E-state index in [9.17, 15) is 18.0 Å². The van der Waals surface area contributed by atoms with E-state index in [1.165, 1.54) is 7.05 Å². The van der Waals surface area contributed by atoms with E-state index in [0.29, 0.717) is 30.5 Å². The second-order valence-corrected chi connectivity index (χ2v) is 6.36. The van der Waals surface area contributed by atoms with Crippen molar-refractivity contribution in [1.29, 1.82) is 0 Å². The van der Waals surface area contributed by atoms with Crippen LogP contribution in [0.1, 0.15) is 47.7 Å². The molecule has 0 aromatic carbocycles. The second-order valence-electron chi connectivity index (χ2n) is 6.36. The fraction of sp³-hybridized carbons (Fsp3) is 0.389. The number of ether oxygens (including phenoxy) is 1. The number of aryl methyl sites for hydroxylation is 1. The fourth-order valence-electron chi connectivity index (χ4n) is 2.58. The molecule has 0 spiro atoms. The Kier molecular flexibility index (Phi) is 6.15. The van der Waals surface area contributed by atoms with Gasteiger partial charge >= 0.3 is 6.18 Å². The second kappa shape index (κ2) is 8.61. The van der Waals surface area contributed by atoms with Gasteiger partial charge in [-0.15, -0.1) is 0 Å². The molecule has 3 rings (SSSR count). The maximum Gasteiger partial charge on any atom is 0.435 e. The van der Waals surface area contributed by atoms with Crippen molar-refractivity contribution in [1.82, 2.24) is 30.2 Å². The third-order valence-electron chi connectivity index (χ3n) is 4.09. The Morgan fingerprint density at radius 1 is 1.37 bits per heavy atom. The third kappa shape index (κ3) is 4.82. The number of rotatable bonds is 7. The van der Waals surface area contributed by atoms with Gasteiger partial charge in [-0.05, 0) is 26.0 Å². The van der Waals surface area contributed by atoms with Crippen LogP contribution in [0.15, 0.2) is 28.9 Å². The number of nitrogens with zero attached hydrogens (tertiary/aromatic N) is 5. The number of carbonyl (C=O) groups excluding carboxylic acids is 1. The van der Waals surface area contributed by atoms with Gasteiger partial charge in [-0.3, -0.25) is 14.5 Å². The quantitative estimate of drug-likeness (QED) is 0.621. The van der Waals surface area contributed by atoms with Crippen LogP contribution >= 0.6 is 0 Å². The molecule has 0 radical (unpaired) electrons. The van der Waals surface area contributed by atoms with Crippen LogP contribution in [0.5, 0.6) is 0 Å². The van der Waals surface area contributed by atoms with Crippen molar-refractivity contribution in [3.8, 4) is 11.4 Å². The molecule has 1 unspecified atom stereocenters. The normalized spacial score (nSPS) is 12.7. The summed E-state index contributed by atoms with van der Waals surface area (Å²) in [6.45, 7) is 4.34. The summed E-state index contributed by atoms with van der Waals surface area (Å²) >= 11 is 0. The summed E-state index contributed by atoms with van der Waals surface area (Å²) < 4.78 is 49.7. The Balaban J connectivity index is 1.72. The molecular formula is C18H19F3N6O3. The Morgan fingerprint density at radius 2 is 2.13 bits per heavy atom. The van der Waals surface area contributed by atoms with Crippen molar-refractivity contribution in [2.45, 2.75) is 32.7 Å². The Hall–Kier alpha value is -3.28. The molecule has 12 heteroatoms. The summed E-state index contributed by atoms with van der Waals surface area (Å²) in [7, 11) is 1.25. The van der Waals surface area contributed by atoms with Crippen molar-refractivity contribution in [2.75, 3.05) is 6.61 Å². The zero-order valence-electron chi connectivity index (χ0n) is 16.4. The number of pyridine rings is 1. The Morgan fingerprint density at radius 3 is 2.80 bits per heavy atom. The lowest BCUT2D eigenvalue weighted by molar-refractivity contribution is -0.141. The molecule has 1 N–H and O–H groups in total. The van der Waals surface area contributed by atoms with Crippen LogP contribution in [-0.4, -0.2) is 37.4 Å². The van der Waals surface area contributed by atoms with E-state index in [1.54, 1.807) is 25.3 Å². The Labute approximate surface area is 169 Å².